The van der Waals surface area contributed by atoms with Crippen LogP contribution < -0.4 is 4.31 Å². The number of non-ortho nitro benzene ring substituents is 1. The van der Waals surface area contributed by atoms with Crippen LogP contribution in [0.25, 0.3) is 0 Å². The predicted octanol–water partition coefficient (Wildman–Crippen LogP) is 3.27. The lowest BCUT2D eigenvalue weighted by atomic mass is 10.1. The van der Waals surface area contributed by atoms with Gasteiger partial charge < -0.3 is 0 Å². The molecule has 0 aliphatic carbocycles. The fraction of sp³-hybridized carbons (Fsp3) is 0.294. The van der Waals surface area contributed by atoms with Gasteiger partial charge in [0.1, 0.15) is 0 Å². The molecule has 0 bridgehead atoms. The van der Waals surface area contributed by atoms with Crippen LogP contribution in [0.5, 0.6) is 0 Å². The molecule has 6 nitrogen and oxygen atoms in total. The van der Waals surface area contributed by atoms with Crippen LogP contribution in [0.1, 0.15) is 22.3 Å². The number of fused-ring (bicyclic) bond motifs is 1. The Labute approximate surface area is 140 Å². The van der Waals surface area contributed by atoms with E-state index in [0.717, 1.165) is 11.1 Å². The molecule has 1 aliphatic heterocycles. The number of benzene rings is 2. The van der Waals surface area contributed by atoms with E-state index >= 15 is 0 Å². The van der Waals surface area contributed by atoms with Gasteiger partial charge in [-0.3, -0.25) is 14.4 Å². The zero-order chi connectivity index (χ0) is 17.6. The smallest absolute Gasteiger partial charge is 0.265 e. The van der Waals surface area contributed by atoms with E-state index < -0.39 is 14.9 Å². The number of aryl methyl sites for hydroxylation is 3. The van der Waals surface area contributed by atoms with Gasteiger partial charge in [-0.05, 0) is 43.9 Å². The largest absolute Gasteiger partial charge is 0.271 e. The number of sulfonamides is 1. The van der Waals surface area contributed by atoms with Crippen LogP contribution in [-0.4, -0.2) is 19.9 Å². The predicted molar refractivity (Wildman–Crippen MR) is 92.0 cm³/mol. The van der Waals surface area contributed by atoms with Crippen molar-refractivity contribution in [2.45, 2.75) is 32.1 Å². The van der Waals surface area contributed by atoms with Crippen molar-refractivity contribution in [2.75, 3.05) is 10.8 Å². The second-order valence-electron chi connectivity index (χ2n) is 6.13. The average molecular weight is 346 g/mol. The highest BCUT2D eigenvalue weighted by Crippen LogP contribution is 2.37. The molecule has 0 saturated carbocycles. The lowest BCUT2D eigenvalue weighted by Crippen LogP contribution is -2.30. The van der Waals surface area contributed by atoms with Crippen LogP contribution in [0.3, 0.4) is 0 Å². The molecule has 0 aromatic heterocycles. The number of hydrogen-bond donors (Lipinski definition) is 0. The van der Waals surface area contributed by atoms with Crippen molar-refractivity contribution in [1.29, 1.82) is 0 Å². The van der Waals surface area contributed by atoms with Gasteiger partial charge in [-0.2, -0.15) is 0 Å². The van der Waals surface area contributed by atoms with Crippen LogP contribution in [0, 0.1) is 30.9 Å². The normalized spacial score (nSPS) is 13.9. The Morgan fingerprint density at radius 2 is 1.71 bits per heavy atom. The van der Waals surface area contributed by atoms with Crippen molar-refractivity contribution in [1.82, 2.24) is 0 Å². The van der Waals surface area contributed by atoms with Crippen molar-refractivity contribution in [3.05, 3.63) is 62.7 Å². The minimum atomic E-state index is -3.76. The van der Waals surface area contributed by atoms with E-state index in [0.29, 0.717) is 29.8 Å². The van der Waals surface area contributed by atoms with Gasteiger partial charge in [0, 0.05) is 18.7 Å². The number of nitro benzene ring substituents is 1. The first-order chi connectivity index (χ1) is 11.2. The summed E-state index contributed by atoms with van der Waals surface area (Å²) in [4.78, 5) is 10.8. The topological polar surface area (TPSA) is 80.5 Å². The number of nitrogens with zero attached hydrogens (tertiary/aromatic N) is 2. The van der Waals surface area contributed by atoms with E-state index in [4.69, 9.17) is 0 Å². The van der Waals surface area contributed by atoms with Gasteiger partial charge in [-0.1, -0.05) is 23.8 Å². The molecule has 2 aromatic rings. The second kappa shape index (κ2) is 5.59. The van der Waals surface area contributed by atoms with Crippen LogP contribution in [0.4, 0.5) is 11.4 Å². The van der Waals surface area contributed by atoms with E-state index in [9.17, 15) is 18.5 Å². The third kappa shape index (κ3) is 2.54. The maximum atomic E-state index is 13.2. The first-order valence-electron chi connectivity index (χ1n) is 7.59. The van der Waals surface area contributed by atoms with Gasteiger partial charge in [-0.25, -0.2) is 8.42 Å². The minimum Gasteiger partial charge on any atom is -0.265 e. The summed E-state index contributed by atoms with van der Waals surface area (Å²) in [7, 11) is -3.76. The van der Waals surface area contributed by atoms with Crippen molar-refractivity contribution in [3.63, 3.8) is 0 Å². The summed E-state index contributed by atoms with van der Waals surface area (Å²) in [5.74, 6) is 0. The highest BCUT2D eigenvalue weighted by molar-refractivity contribution is 7.93. The standard InChI is InChI=1S/C17H18N2O4S/c1-11-8-12(2)17(13(3)9-11)24(22,23)18-7-6-14-4-5-15(19(20)21)10-16(14)18/h4-5,8-10H,6-7H2,1-3H3. The molecule has 0 fully saturated rings. The van der Waals surface area contributed by atoms with Crippen LogP contribution in [-0.2, 0) is 16.4 Å². The van der Waals surface area contributed by atoms with Gasteiger partial charge >= 0.3 is 0 Å². The maximum absolute atomic E-state index is 13.2. The molecular formula is C17H18N2O4S. The molecule has 2 aromatic carbocycles. The molecule has 24 heavy (non-hydrogen) atoms. The Kier molecular flexibility index (Phi) is 3.83. The summed E-state index contributed by atoms with van der Waals surface area (Å²) >= 11 is 0. The maximum Gasteiger partial charge on any atom is 0.271 e. The summed E-state index contributed by atoms with van der Waals surface area (Å²) in [6, 6.07) is 8.07. The van der Waals surface area contributed by atoms with E-state index in [1.165, 1.54) is 16.4 Å². The van der Waals surface area contributed by atoms with Crippen molar-refractivity contribution >= 4 is 21.4 Å². The molecule has 0 atom stereocenters. The molecular weight excluding hydrogens is 328 g/mol. The number of anilines is 1. The lowest BCUT2D eigenvalue weighted by molar-refractivity contribution is -0.384. The molecule has 1 aliphatic rings. The van der Waals surface area contributed by atoms with Gasteiger partial charge in [0.25, 0.3) is 15.7 Å². The number of nitro groups is 1. The van der Waals surface area contributed by atoms with E-state index in [1.54, 1.807) is 19.9 Å². The van der Waals surface area contributed by atoms with Crippen molar-refractivity contribution < 1.29 is 13.3 Å². The van der Waals surface area contributed by atoms with Gasteiger partial charge in [0.2, 0.25) is 0 Å². The highest BCUT2D eigenvalue weighted by atomic mass is 32.2. The average Bonchev–Trinajstić information content (AvgIpc) is 2.89. The fourth-order valence-electron chi connectivity index (χ4n) is 3.39. The highest BCUT2D eigenvalue weighted by Gasteiger charge is 2.34. The van der Waals surface area contributed by atoms with Gasteiger partial charge in [-0.15, -0.1) is 0 Å². The SMILES string of the molecule is Cc1cc(C)c(S(=O)(=O)N2CCc3ccc([N+](=O)[O-])cc32)c(C)c1. The zero-order valence-corrected chi connectivity index (χ0v) is 14.6. The zero-order valence-electron chi connectivity index (χ0n) is 13.7. The van der Waals surface area contributed by atoms with Crippen molar-refractivity contribution in [2.24, 2.45) is 0 Å². The molecule has 0 unspecified atom stereocenters. The summed E-state index contributed by atoms with van der Waals surface area (Å²) in [6.07, 6.45) is 0.552. The quantitative estimate of drug-likeness (QED) is 0.631. The molecule has 0 N–H and O–H groups in total. The van der Waals surface area contributed by atoms with Crippen molar-refractivity contribution in [3.8, 4) is 0 Å². The summed E-state index contributed by atoms with van der Waals surface area (Å²) in [6.45, 7) is 5.77. The van der Waals surface area contributed by atoms with E-state index in [-0.39, 0.29) is 10.6 Å². The molecule has 3 rings (SSSR count). The van der Waals surface area contributed by atoms with Crippen LogP contribution in [0.2, 0.25) is 0 Å². The Balaban J connectivity index is 2.15. The fourth-order valence-corrected chi connectivity index (χ4v) is 5.30. The summed E-state index contributed by atoms with van der Waals surface area (Å²) in [5.41, 5.74) is 3.49. The minimum absolute atomic E-state index is 0.104. The van der Waals surface area contributed by atoms with Gasteiger partial charge in [0.05, 0.1) is 15.5 Å². The van der Waals surface area contributed by atoms with Crippen LogP contribution in [0.15, 0.2) is 35.2 Å². The Morgan fingerprint density at radius 3 is 2.29 bits per heavy atom. The summed E-state index contributed by atoms with van der Waals surface area (Å²) < 4.78 is 27.7. The molecule has 126 valence electrons. The first-order valence-corrected chi connectivity index (χ1v) is 9.03. The molecule has 1 heterocycles. The third-order valence-corrected chi connectivity index (χ3v) is 6.40. The Morgan fingerprint density at radius 1 is 1.08 bits per heavy atom. The Hall–Kier alpha value is -2.41. The molecule has 0 spiro atoms. The lowest BCUT2D eigenvalue weighted by Gasteiger charge is -2.22. The van der Waals surface area contributed by atoms with Crippen LogP contribution >= 0.6 is 0 Å². The monoisotopic (exact) mass is 346 g/mol. The summed E-state index contributed by atoms with van der Waals surface area (Å²) in [5, 5.41) is 11.0. The molecule has 7 heteroatoms. The molecule has 0 amide bonds. The van der Waals surface area contributed by atoms with Gasteiger partial charge in [0.15, 0.2) is 0 Å². The number of rotatable bonds is 3. The third-order valence-electron chi connectivity index (χ3n) is 4.29. The Bertz CT molecular complexity index is 928. The molecule has 0 radical (unpaired) electrons. The number of hydrogen-bond acceptors (Lipinski definition) is 4. The first kappa shape index (κ1) is 16.4. The van der Waals surface area contributed by atoms with E-state index in [2.05, 4.69) is 0 Å². The molecule has 0 saturated heterocycles. The second-order valence-corrected chi connectivity index (χ2v) is 7.92. The van der Waals surface area contributed by atoms with E-state index in [1.807, 2.05) is 19.1 Å².